The first-order valence-corrected chi connectivity index (χ1v) is 2.93. The molecular formula is C5H9BrO2. The highest BCUT2D eigenvalue weighted by Gasteiger charge is 1.99. The molecule has 2 nitrogen and oxygen atoms in total. The monoisotopic (exact) mass is 184 g/mol. The second kappa shape index (κ2) is 3.89. The van der Waals surface area contributed by atoms with Crippen LogP contribution < -0.4 is 0 Å². The van der Waals surface area contributed by atoms with Crippen LogP contribution in [0.15, 0.2) is 0 Å². The van der Waals surface area contributed by atoms with Crippen LogP contribution >= 0.6 is 15.9 Å². The third kappa shape index (κ3) is 5.95. The topological polar surface area (TPSA) is 37.3 Å². The van der Waals surface area contributed by atoms with Crippen molar-refractivity contribution in [2.45, 2.75) is 24.5 Å². The standard InChI is InChI=1S/C5H9BrO2/c1-4(6)2-3-5(7)8/h4H,2-3H2,1H3,(H,7,8)/i2D2,3D2. The third-order valence-corrected chi connectivity index (χ3v) is 0.607. The van der Waals surface area contributed by atoms with E-state index in [4.69, 9.17) is 10.6 Å². The Kier molecular flexibility index (Phi) is 1.56. The second-order valence-corrected chi connectivity index (χ2v) is 2.56. The first-order chi connectivity index (χ1) is 5.14. The molecule has 1 N–H and O–H groups in total. The number of alkyl halides is 1. The van der Waals surface area contributed by atoms with Crippen LogP contribution in [0, 0.1) is 0 Å². The van der Waals surface area contributed by atoms with Gasteiger partial charge < -0.3 is 5.11 Å². The number of carboxylic acids is 1. The summed E-state index contributed by atoms with van der Waals surface area (Å²) in [6, 6.07) is 0. The molecule has 0 aliphatic rings. The number of hydrogen-bond donors (Lipinski definition) is 1. The molecule has 0 aliphatic carbocycles. The van der Waals surface area contributed by atoms with E-state index in [1.165, 1.54) is 6.92 Å². The van der Waals surface area contributed by atoms with Crippen molar-refractivity contribution in [1.29, 1.82) is 0 Å². The third-order valence-electron chi connectivity index (χ3n) is 0.378. The van der Waals surface area contributed by atoms with Crippen LogP contribution in [0.25, 0.3) is 0 Å². The second-order valence-electron chi connectivity index (χ2n) is 1.19. The van der Waals surface area contributed by atoms with E-state index in [1.54, 1.807) is 0 Å². The lowest BCUT2D eigenvalue weighted by atomic mass is 10.3. The van der Waals surface area contributed by atoms with Crippen LogP contribution in [-0.2, 0) is 4.79 Å². The van der Waals surface area contributed by atoms with Gasteiger partial charge in [-0.3, -0.25) is 4.79 Å². The van der Waals surface area contributed by atoms with Crippen LogP contribution in [0.1, 0.15) is 25.2 Å². The minimum atomic E-state index is -2.88. The Morgan fingerprint density at radius 1 is 2.12 bits per heavy atom. The van der Waals surface area contributed by atoms with E-state index >= 15 is 0 Å². The summed E-state index contributed by atoms with van der Waals surface area (Å²) in [4.78, 5) is 9.47. The maximum Gasteiger partial charge on any atom is 0.303 e. The van der Waals surface area contributed by atoms with Crippen molar-refractivity contribution >= 4 is 21.9 Å². The van der Waals surface area contributed by atoms with Crippen LogP contribution in [-0.4, -0.2) is 15.9 Å². The quantitative estimate of drug-likeness (QED) is 0.678. The SMILES string of the molecule is [2H]C([2H])(C(=O)O)C([2H])([2H])C(C)Br. The average Bonchev–Trinajstić information content (AvgIpc) is 1.86. The lowest BCUT2D eigenvalue weighted by molar-refractivity contribution is -0.137. The van der Waals surface area contributed by atoms with Crippen molar-refractivity contribution in [2.24, 2.45) is 0 Å². The number of aliphatic carboxylic acids is 1. The lowest BCUT2D eigenvalue weighted by Gasteiger charge is -1.95. The van der Waals surface area contributed by atoms with E-state index in [-0.39, 0.29) is 0 Å². The van der Waals surface area contributed by atoms with Crippen LogP contribution in [0.4, 0.5) is 0 Å². The highest BCUT2D eigenvalue weighted by molar-refractivity contribution is 9.09. The molecular weight excluding hydrogens is 172 g/mol. The summed E-state index contributed by atoms with van der Waals surface area (Å²) in [5, 5.41) is 8.39. The molecule has 8 heavy (non-hydrogen) atoms. The summed E-state index contributed by atoms with van der Waals surface area (Å²) >= 11 is 2.82. The van der Waals surface area contributed by atoms with Gasteiger partial charge >= 0.3 is 5.97 Å². The van der Waals surface area contributed by atoms with Crippen molar-refractivity contribution in [1.82, 2.24) is 0 Å². The molecule has 0 heterocycles. The number of carboxylic acid groups (broad SMARTS) is 1. The fourth-order valence-electron chi connectivity index (χ4n) is 0.161. The predicted molar refractivity (Wildman–Crippen MR) is 35.3 cm³/mol. The Balaban J connectivity index is 4.88. The van der Waals surface area contributed by atoms with Crippen molar-refractivity contribution in [3.63, 3.8) is 0 Å². The van der Waals surface area contributed by atoms with Gasteiger partial charge in [0.2, 0.25) is 0 Å². The summed E-state index contributed by atoms with van der Waals surface area (Å²) in [6.45, 7) is 1.36. The number of hydrogen-bond acceptors (Lipinski definition) is 1. The van der Waals surface area contributed by atoms with Gasteiger partial charge in [-0.2, -0.15) is 0 Å². The van der Waals surface area contributed by atoms with E-state index in [0.29, 0.717) is 0 Å². The summed E-state index contributed by atoms with van der Waals surface area (Å²) in [7, 11) is 0. The average molecular weight is 185 g/mol. The van der Waals surface area contributed by atoms with Crippen LogP contribution in [0.5, 0.6) is 0 Å². The maximum atomic E-state index is 10.3. The minimum absolute atomic E-state index is 0.865. The number of carbonyl (C=O) groups is 1. The van der Waals surface area contributed by atoms with Gasteiger partial charge in [-0.1, -0.05) is 22.9 Å². The summed E-state index contributed by atoms with van der Waals surface area (Å²) in [6.07, 6.45) is -5.31. The first kappa shape index (κ1) is 3.20. The van der Waals surface area contributed by atoms with Crippen LogP contribution in [0.2, 0.25) is 0 Å². The smallest absolute Gasteiger partial charge is 0.303 e. The fraction of sp³-hybridized carbons (Fsp3) is 0.800. The molecule has 0 fully saturated rings. The van der Waals surface area contributed by atoms with Gasteiger partial charge in [-0.15, -0.1) is 0 Å². The van der Waals surface area contributed by atoms with Gasteiger partial charge in [0, 0.05) is 16.7 Å². The number of rotatable bonds is 3. The van der Waals surface area contributed by atoms with Crippen LogP contribution in [0.3, 0.4) is 0 Å². The molecule has 48 valence electrons. The van der Waals surface area contributed by atoms with Gasteiger partial charge in [0.1, 0.15) is 0 Å². The molecule has 0 spiro atoms. The maximum absolute atomic E-state index is 10.3. The Bertz CT molecular complexity index is 192. The van der Waals surface area contributed by atoms with Crippen molar-refractivity contribution in [3.8, 4) is 0 Å². The zero-order valence-electron chi connectivity index (χ0n) is 8.31. The Labute approximate surface area is 62.6 Å². The molecule has 3 heteroatoms. The van der Waals surface area contributed by atoms with Crippen molar-refractivity contribution < 1.29 is 15.4 Å². The molecule has 0 aromatic heterocycles. The first-order valence-electron chi connectivity index (χ1n) is 4.01. The van der Waals surface area contributed by atoms with Crippen molar-refractivity contribution in [2.75, 3.05) is 0 Å². The minimum Gasteiger partial charge on any atom is -0.481 e. The normalized spacial score (nSPS) is 24.2. The zero-order valence-corrected chi connectivity index (χ0v) is 5.90. The van der Waals surface area contributed by atoms with Gasteiger partial charge in [0.15, 0.2) is 0 Å². The molecule has 0 rings (SSSR count). The Hall–Kier alpha value is -0.0500. The molecule has 0 saturated carbocycles. The molecule has 0 aromatic carbocycles. The molecule has 0 aromatic rings. The molecule has 0 aliphatic heterocycles. The molecule has 1 atom stereocenters. The molecule has 0 amide bonds. The summed E-state index contributed by atoms with van der Waals surface area (Å²) < 4.78 is 28.3. The lowest BCUT2D eigenvalue weighted by Crippen LogP contribution is -1.98. The molecule has 0 radical (unpaired) electrons. The number of halogens is 1. The van der Waals surface area contributed by atoms with E-state index < -0.39 is 23.5 Å². The summed E-state index contributed by atoms with van der Waals surface area (Å²) in [5.41, 5.74) is 0. The highest BCUT2D eigenvalue weighted by atomic mass is 79.9. The highest BCUT2D eigenvalue weighted by Crippen LogP contribution is 2.05. The van der Waals surface area contributed by atoms with E-state index in [1.807, 2.05) is 0 Å². The van der Waals surface area contributed by atoms with Gasteiger partial charge in [0.25, 0.3) is 0 Å². The van der Waals surface area contributed by atoms with Gasteiger partial charge in [0.05, 0.1) is 0 Å². The Morgan fingerprint density at radius 2 is 2.62 bits per heavy atom. The van der Waals surface area contributed by atoms with E-state index in [9.17, 15) is 4.79 Å². The molecule has 0 bridgehead atoms. The van der Waals surface area contributed by atoms with Gasteiger partial charge in [-0.05, 0) is 6.37 Å². The predicted octanol–water partition coefficient (Wildman–Crippen LogP) is 1.63. The van der Waals surface area contributed by atoms with E-state index in [0.717, 1.165) is 0 Å². The Morgan fingerprint density at radius 3 is 2.75 bits per heavy atom. The fourth-order valence-corrected chi connectivity index (χ4v) is 0.276. The zero-order chi connectivity index (χ0) is 10.2. The van der Waals surface area contributed by atoms with Crippen molar-refractivity contribution in [3.05, 3.63) is 0 Å². The van der Waals surface area contributed by atoms with Gasteiger partial charge in [-0.25, -0.2) is 0 Å². The largest absolute Gasteiger partial charge is 0.481 e. The molecule has 0 saturated heterocycles. The summed E-state index contributed by atoms with van der Waals surface area (Å²) in [5.74, 6) is -1.79. The van der Waals surface area contributed by atoms with E-state index in [2.05, 4.69) is 15.9 Å². The molecule has 1 unspecified atom stereocenters.